The summed E-state index contributed by atoms with van der Waals surface area (Å²) in [6, 6.07) is 3.71. The molecule has 0 aromatic carbocycles. The lowest BCUT2D eigenvalue weighted by Gasteiger charge is -2.08. The van der Waals surface area contributed by atoms with Crippen LogP contribution < -0.4 is 0 Å². The van der Waals surface area contributed by atoms with Crippen molar-refractivity contribution in [2.24, 2.45) is 0 Å². The molecule has 0 aliphatic carbocycles. The number of aromatic nitrogens is 1. The number of aliphatic hydroxyl groups is 2. The van der Waals surface area contributed by atoms with Crippen LogP contribution in [0.25, 0.3) is 0 Å². The average molecular weight is 213 g/mol. The van der Waals surface area contributed by atoms with E-state index in [1.54, 1.807) is 13.1 Å². The van der Waals surface area contributed by atoms with E-state index in [-0.39, 0.29) is 11.9 Å². The van der Waals surface area contributed by atoms with Gasteiger partial charge < -0.3 is 10.2 Å². The van der Waals surface area contributed by atoms with Crippen molar-refractivity contribution in [3.63, 3.8) is 0 Å². The van der Waals surface area contributed by atoms with Crippen molar-refractivity contribution in [1.82, 2.24) is 4.98 Å². The van der Waals surface area contributed by atoms with Gasteiger partial charge in [0.25, 0.3) is 0 Å². The number of nitrogens with zero attached hydrogens (tertiary/aromatic N) is 1. The van der Waals surface area contributed by atoms with Crippen molar-refractivity contribution < 1.29 is 10.2 Å². The molecule has 0 spiro atoms. The highest BCUT2D eigenvalue weighted by molar-refractivity contribution is 7.99. The molecule has 0 saturated heterocycles. The third-order valence-electron chi connectivity index (χ3n) is 1.82. The summed E-state index contributed by atoms with van der Waals surface area (Å²) in [5.41, 5.74) is 0.811. The summed E-state index contributed by atoms with van der Waals surface area (Å²) in [7, 11) is 0. The Balaban J connectivity index is 2.64. The summed E-state index contributed by atoms with van der Waals surface area (Å²) in [4.78, 5) is 4.18. The van der Waals surface area contributed by atoms with Gasteiger partial charge in [0.15, 0.2) is 0 Å². The predicted molar refractivity (Wildman–Crippen MR) is 57.3 cm³/mol. The van der Waals surface area contributed by atoms with Crippen LogP contribution in [0.1, 0.15) is 25.5 Å². The van der Waals surface area contributed by atoms with E-state index in [4.69, 9.17) is 5.11 Å². The Morgan fingerprint density at radius 3 is 2.57 bits per heavy atom. The zero-order valence-corrected chi connectivity index (χ0v) is 9.16. The maximum absolute atomic E-state index is 9.26. The lowest BCUT2D eigenvalue weighted by atomic mass is 10.2. The monoisotopic (exact) mass is 213 g/mol. The second-order valence-corrected chi connectivity index (χ2v) is 4.68. The molecule has 0 amide bonds. The van der Waals surface area contributed by atoms with Crippen LogP contribution in [0.2, 0.25) is 0 Å². The molecule has 0 saturated carbocycles. The minimum absolute atomic E-state index is 0.143. The molecule has 14 heavy (non-hydrogen) atoms. The number of thioether (sulfide) groups is 1. The van der Waals surface area contributed by atoms with Crippen LogP contribution in [0.15, 0.2) is 23.4 Å². The Hall–Kier alpha value is -0.580. The lowest BCUT2D eigenvalue weighted by Crippen LogP contribution is -2.02. The number of pyridine rings is 1. The first-order valence-electron chi connectivity index (χ1n) is 4.55. The van der Waals surface area contributed by atoms with E-state index in [9.17, 15) is 5.11 Å². The Kier molecular flexibility index (Phi) is 4.38. The van der Waals surface area contributed by atoms with E-state index in [2.05, 4.69) is 4.98 Å². The van der Waals surface area contributed by atoms with Crippen molar-refractivity contribution in [2.45, 2.75) is 30.2 Å². The lowest BCUT2D eigenvalue weighted by molar-refractivity contribution is 0.198. The van der Waals surface area contributed by atoms with Gasteiger partial charge in [-0.05, 0) is 18.6 Å². The van der Waals surface area contributed by atoms with Crippen molar-refractivity contribution in [1.29, 1.82) is 0 Å². The molecule has 3 nitrogen and oxygen atoms in total. The first-order valence-corrected chi connectivity index (χ1v) is 5.43. The van der Waals surface area contributed by atoms with Gasteiger partial charge >= 0.3 is 0 Å². The van der Waals surface area contributed by atoms with Crippen LogP contribution in [0, 0.1) is 0 Å². The Morgan fingerprint density at radius 2 is 2.14 bits per heavy atom. The first-order chi connectivity index (χ1) is 6.63. The van der Waals surface area contributed by atoms with Gasteiger partial charge in [0.2, 0.25) is 0 Å². The standard InChI is InChI=1S/C10H15NO2S/c1-7(6-12)14-10-4-3-9(5-11-10)8(2)13/h3-5,7-8,12-13H,6H2,1-2H3/t7?,8-/m0/s1. The van der Waals surface area contributed by atoms with E-state index in [1.165, 1.54) is 11.8 Å². The summed E-state index contributed by atoms with van der Waals surface area (Å²) in [5, 5.41) is 19.1. The van der Waals surface area contributed by atoms with E-state index in [0.29, 0.717) is 0 Å². The van der Waals surface area contributed by atoms with E-state index < -0.39 is 6.10 Å². The molecule has 0 fully saturated rings. The van der Waals surface area contributed by atoms with Gasteiger partial charge in [-0.15, -0.1) is 11.8 Å². The van der Waals surface area contributed by atoms with Crippen LogP contribution in [0.3, 0.4) is 0 Å². The van der Waals surface area contributed by atoms with Crippen molar-refractivity contribution in [2.75, 3.05) is 6.61 Å². The largest absolute Gasteiger partial charge is 0.395 e. The fourth-order valence-electron chi connectivity index (χ4n) is 0.952. The van der Waals surface area contributed by atoms with E-state index in [0.717, 1.165) is 10.6 Å². The van der Waals surface area contributed by atoms with E-state index >= 15 is 0 Å². The first kappa shape index (κ1) is 11.5. The van der Waals surface area contributed by atoms with Gasteiger partial charge in [-0.1, -0.05) is 13.0 Å². The highest BCUT2D eigenvalue weighted by Gasteiger charge is 2.05. The second-order valence-electron chi connectivity index (χ2n) is 3.22. The van der Waals surface area contributed by atoms with Crippen molar-refractivity contribution in [3.8, 4) is 0 Å². The maximum atomic E-state index is 9.26. The van der Waals surface area contributed by atoms with Gasteiger partial charge in [-0.2, -0.15) is 0 Å². The number of hydrogen-bond donors (Lipinski definition) is 2. The smallest absolute Gasteiger partial charge is 0.0963 e. The Morgan fingerprint density at radius 1 is 1.43 bits per heavy atom. The van der Waals surface area contributed by atoms with Crippen LogP contribution in [-0.2, 0) is 0 Å². The molecule has 0 bridgehead atoms. The molecule has 1 unspecified atom stereocenters. The molecule has 0 radical (unpaired) electrons. The third-order valence-corrected chi connectivity index (χ3v) is 2.86. The Labute approximate surface area is 88.2 Å². The van der Waals surface area contributed by atoms with Gasteiger partial charge in [-0.3, -0.25) is 0 Å². The minimum Gasteiger partial charge on any atom is -0.395 e. The highest BCUT2D eigenvalue weighted by Crippen LogP contribution is 2.21. The summed E-state index contributed by atoms with van der Waals surface area (Å²) < 4.78 is 0. The van der Waals surface area contributed by atoms with Crippen LogP contribution in [-0.4, -0.2) is 27.1 Å². The fraction of sp³-hybridized carbons (Fsp3) is 0.500. The molecule has 1 heterocycles. The molecule has 0 aliphatic rings. The third kappa shape index (κ3) is 3.29. The zero-order valence-electron chi connectivity index (χ0n) is 8.34. The quantitative estimate of drug-likeness (QED) is 0.746. The van der Waals surface area contributed by atoms with Gasteiger partial charge in [-0.25, -0.2) is 4.98 Å². The van der Waals surface area contributed by atoms with Gasteiger partial charge in [0.05, 0.1) is 17.7 Å². The topological polar surface area (TPSA) is 53.4 Å². The zero-order chi connectivity index (χ0) is 10.6. The number of aliphatic hydroxyl groups excluding tert-OH is 2. The summed E-state index contributed by atoms with van der Waals surface area (Å²) in [6.45, 7) is 3.79. The maximum Gasteiger partial charge on any atom is 0.0963 e. The normalized spacial score (nSPS) is 15.1. The molecular formula is C10H15NO2S. The molecule has 2 N–H and O–H groups in total. The van der Waals surface area contributed by atoms with Crippen LogP contribution in [0.5, 0.6) is 0 Å². The molecule has 0 aliphatic heterocycles. The second kappa shape index (κ2) is 5.34. The van der Waals surface area contributed by atoms with Crippen LogP contribution in [0.4, 0.5) is 0 Å². The highest BCUT2D eigenvalue weighted by atomic mass is 32.2. The molecule has 1 aromatic rings. The fourth-order valence-corrected chi connectivity index (χ4v) is 1.70. The molecule has 4 heteroatoms. The van der Waals surface area contributed by atoms with Crippen molar-refractivity contribution in [3.05, 3.63) is 23.9 Å². The minimum atomic E-state index is -0.475. The van der Waals surface area contributed by atoms with Gasteiger partial charge in [0.1, 0.15) is 0 Å². The van der Waals surface area contributed by atoms with Gasteiger partial charge in [0, 0.05) is 11.4 Å². The SMILES string of the molecule is CC(CO)Sc1ccc([C@H](C)O)cn1. The summed E-state index contributed by atoms with van der Waals surface area (Å²) in [6.07, 6.45) is 1.19. The summed E-state index contributed by atoms with van der Waals surface area (Å²) >= 11 is 1.52. The van der Waals surface area contributed by atoms with E-state index in [1.807, 2.05) is 19.1 Å². The van der Waals surface area contributed by atoms with Crippen molar-refractivity contribution >= 4 is 11.8 Å². The molecule has 2 atom stereocenters. The molecule has 1 aromatic heterocycles. The number of rotatable bonds is 4. The average Bonchev–Trinajstić information content (AvgIpc) is 2.18. The molecule has 78 valence electrons. The summed E-state index contributed by atoms with van der Waals surface area (Å²) in [5.74, 6) is 0. The van der Waals surface area contributed by atoms with Crippen LogP contribution >= 0.6 is 11.8 Å². The molecule has 1 rings (SSSR count). The molecular weight excluding hydrogens is 198 g/mol. The predicted octanol–water partition coefficient (Wildman–Crippen LogP) is 1.61. The number of hydrogen-bond acceptors (Lipinski definition) is 4. The Bertz CT molecular complexity index is 274.